The fourth-order valence-electron chi connectivity index (χ4n) is 3.34. The Balaban J connectivity index is 1.51. The van der Waals surface area contributed by atoms with Gasteiger partial charge in [0.1, 0.15) is 11.6 Å². The second-order valence-corrected chi connectivity index (χ2v) is 6.75. The van der Waals surface area contributed by atoms with Crippen LogP contribution in [0.5, 0.6) is 5.75 Å². The van der Waals surface area contributed by atoms with Crippen LogP contribution < -0.4 is 4.74 Å². The summed E-state index contributed by atoms with van der Waals surface area (Å²) < 4.78 is 30.0. The first-order valence-electron chi connectivity index (χ1n) is 8.30. The van der Waals surface area contributed by atoms with E-state index in [4.69, 9.17) is 25.8 Å². The van der Waals surface area contributed by atoms with Gasteiger partial charge in [0.25, 0.3) is 0 Å². The number of hydrogen-bond acceptors (Lipinski definition) is 4. The molecule has 1 atom stereocenters. The van der Waals surface area contributed by atoms with Gasteiger partial charge in [-0.05, 0) is 29.8 Å². The van der Waals surface area contributed by atoms with Crippen LogP contribution in [-0.2, 0) is 22.6 Å². The molecule has 2 aliphatic rings. The first-order valence-corrected chi connectivity index (χ1v) is 8.68. The molecule has 2 aromatic rings. The summed E-state index contributed by atoms with van der Waals surface area (Å²) in [7, 11) is 0. The number of morpholine rings is 1. The molecule has 0 saturated carbocycles. The van der Waals surface area contributed by atoms with Crippen molar-refractivity contribution >= 4 is 11.6 Å². The number of nitrogens with zero attached hydrogens (tertiary/aromatic N) is 1. The van der Waals surface area contributed by atoms with Gasteiger partial charge < -0.3 is 14.2 Å². The summed E-state index contributed by atoms with van der Waals surface area (Å²) in [5, 5.41) is 0.686. The quantitative estimate of drug-likeness (QED) is 0.827. The predicted octanol–water partition coefficient (Wildman–Crippen LogP) is 3.92. The Morgan fingerprint density at radius 1 is 1.20 bits per heavy atom. The van der Waals surface area contributed by atoms with Gasteiger partial charge in [0.05, 0.1) is 19.3 Å². The summed E-state index contributed by atoms with van der Waals surface area (Å²) in [6.45, 7) is 3.71. The molecule has 0 bridgehead atoms. The highest BCUT2D eigenvalue weighted by Gasteiger charge is 2.24. The third-order valence-corrected chi connectivity index (χ3v) is 4.76. The smallest absolute Gasteiger partial charge is 0.189 e. The number of halogens is 2. The van der Waals surface area contributed by atoms with E-state index in [-0.39, 0.29) is 18.7 Å². The van der Waals surface area contributed by atoms with Crippen LogP contribution in [0, 0.1) is 5.82 Å². The van der Waals surface area contributed by atoms with Crippen molar-refractivity contribution < 1.29 is 18.6 Å². The maximum absolute atomic E-state index is 13.1. The fraction of sp³-hybridized carbons (Fsp3) is 0.368. The van der Waals surface area contributed by atoms with Crippen molar-refractivity contribution in [3.05, 3.63) is 63.9 Å². The topological polar surface area (TPSA) is 30.9 Å². The lowest BCUT2D eigenvalue weighted by atomic mass is 10.1. The average Bonchev–Trinajstić information content (AvgIpc) is 2.62. The highest BCUT2D eigenvalue weighted by atomic mass is 35.5. The lowest BCUT2D eigenvalue weighted by Gasteiger charge is -2.34. The standard InChI is InChI=1S/C19H19ClFNO3/c20-16-7-14(19-15(8-16)11-23-12-25-19)9-22-5-6-24-18(10-22)13-1-3-17(21)4-2-13/h1-4,7-8,18H,5-6,9-12H2/t18-/m0/s1. The fourth-order valence-corrected chi connectivity index (χ4v) is 3.60. The van der Waals surface area contributed by atoms with Gasteiger partial charge in [0, 0.05) is 35.8 Å². The van der Waals surface area contributed by atoms with E-state index < -0.39 is 0 Å². The molecule has 0 radical (unpaired) electrons. The maximum atomic E-state index is 13.1. The monoisotopic (exact) mass is 363 g/mol. The van der Waals surface area contributed by atoms with E-state index in [1.54, 1.807) is 12.1 Å². The highest BCUT2D eigenvalue weighted by molar-refractivity contribution is 6.30. The molecule has 25 heavy (non-hydrogen) atoms. The van der Waals surface area contributed by atoms with Crippen LogP contribution in [0.4, 0.5) is 4.39 Å². The summed E-state index contributed by atoms with van der Waals surface area (Å²) in [5.74, 6) is 0.641. The van der Waals surface area contributed by atoms with Crippen LogP contribution in [0.3, 0.4) is 0 Å². The molecule has 6 heteroatoms. The zero-order valence-corrected chi connectivity index (χ0v) is 14.5. The van der Waals surface area contributed by atoms with Crippen LogP contribution >= 0.6 is 11.6 Å². The molecule has 0 amide bonds. The van der Waals surface area contributed by atoms with Crippen LogP contribution in [0.1, 0.15) is 22.8 Å². The third kappa shape index (κ3) is 3.80. The molecule has 132 valence electrons. The van der Waals surface area contributed by atoms with E-state index in [1.165, 1.54) is 12.1 Å². The van der Waals surface area contributed by atoms with Gasteiger partial charge in [-0.1, -0.05) is 23.7 Å². The van der Waals surface area contributed by atoms with Gasteiger partial charge in [-0.3, -0.25) is 4.90 Å². The minimum absolute atomic E-state index is 0.0615. The SMILES string of the molecule is Fc1ccc([C@@H]2CN(Cc3cc(Cl)cc4c3OCOC4)CCO2)cc1. The summed E-state index contributed by atoms with van der Waals surface area (Å²) >= 11 is 6.25. The van der Waals surface area contributed by atoms with Crippen molar-refractivity contribution in [2.75, 3.05) is 26.5 Å². The first kappa shape index (κ1) is 16.8. The van der Waals surface area contributed by atoms with Crippen LogP contribution in [-0.4, -0.2) is 31.4 Å². The van der Waals surface area contributed by atoms with E-state index in [2.05, 4.69) is 4.90 Å². The van der Waals surface area contributed by atoms with Crippen molar-refractivity contribution in [2.45, 2.75) is 19.3 Å². The van der Waals surface area contributed by atoms with Crippen molar-refractivity contribution in [3.63, 3.8) is 0 Å². The Morgan fingerprint density at radius 2 is 2.04 bits per heavy atom. The summed E-state index contributed by atoms with van der Waals surface area (Å²) in [6.07, 6.45) is -0.0615. The second kappa shape index (κ2) is 7.30. The average molecular weight is 364 g/mol. The zero-order valence-electron chi connectivity index (χ0n) is 13.7. The second-order valence-electron chi connectivity index (χ2n) is 6.31. The third-order valence-electron chi connectivity index (χ3n) is 4.54. The van der Waals surface area contributed by atoms with E-state index in [9.17, 15) is 4.39 Å². The van der Waals surface area contributed by atoms with Crippen molar-refractivity contribution in [1.82, 2.24) is 4.90 Å². The van der Waals surface area contributed by atoms with Crippen molar-refractivity contribution in [3.8, 4) is 5.75 Å². The molecule has 2 heterocycles. The van der Waals surface area contributed by atoms with Gasteiger partial charge >= 0.3 is 0 Å². The summed E-state index contributed by atoms with van der Waals surface area (Å²) in [4.78, 5) is 2.31. The Kier molecular flexibility index (Phi) is 4.90. The van der Waals surface area contributed by atoms with Gasteiger partial charge in [-0.2, -0.15) is 0 Å². The van der Waals surface area contributed by atoms with Crippen LogP contribution in [0.2, 0.25) is 5.02 Å². The predicted molar refractivity (Wildman–Crippen MR) is 92.1 cm³/mol. The van der Waals surface area contributed by atoms with E-state index in [0.29, 0.717) is 18.2 Å². The first-order chi connectivity index (χ1) is 12.2. The number of fused-ring (bicyclic) bond motifs is 1. The molecule has 4 rings (SSSR count). The maximum Gasteiger partial charge on any atom is 0.189 e. The Bertz CT molecular complexity index is 753. The van der Waals surface area contributed by atoms with E-state index in [1.807, 2.05) is 12.1 Å². The number of rotatable bonds is 3. The zero-order chi connectivity index (χ0) is 17.2. The van der Waals surface area contributed by atoms with E-state index >= 15 is 0 Å². The van der Waals surface area contributed by atoms with E-state index in [0.717, 1.165) is 42.1 Å². The molecule has 0 spiro atoms. The molecule has 4 nitrogen and oxygen atoms in total. The summed E-state index contributed by atoms with van der Waals surface area (Å²) in [5.41, 5.74) is 3.03. The summed E-state index contributed by atoms with van der Waals surface area (Å²) in [6, 6.07) is 10.3. The molecule has 1 saturated heterocycles. The van der Waals surface area contributed by atoms with Gasteiger partial charge in [-0.25, -0.2) is 4.39 Å². The lowest BCUT2D eigenvalue weighted by molar-refractivity contribution is -0.0354. The normalized spacial score (nSPS) is 20.8. The van der Waals surface area contributed by atoms with Gasteiger partial charge in [-0.15, -0.1) is 0 Å². The lowest BCUT2D eigenvalue weighted by Crippen LogP contribution is -2.38. The Labute approximate surface area is 151 Å². The number of benzene rings is 2. The largest absolute Gasteiger partial charge is 0.467 e. The molecule has 0 aromatic heterocycles. The Hall–Kier alpha value is -1.66. The number of hydrogen-bond donors (Lipinski definition) is 0. The minimum Gasteiger partial charge on any atom is -0.467 e. The molecule has 0 unspecified atom stereocenters. The molecule has 0 aliphatic carbocycles. The van der Waals surface area contributed by atoms with Crippen molar-refractivity contribution in [2.24, 2.45) is 0 Å². The van der Waals surface area contributed by atoms with Gasteiger partial charge in [0.15, 0.2) is 6.79 Å². The molecule has 1 fully saturated rings. The molecule has 0 N–H and O–H groups in total. The van der Waals surface area contributed by atoms with Gasteiger partial charge in [0.2, 0.25) is 0 Å². The van der Waals surface area contributed by atoms with Crippen LogP contribution in [0.15, 0.2) is 36.4 Å². The highest BCUT2D eigenvalue weighted by Crippen LogP contribution is 2.33. The van der Waals surface area contributed by atoms with Crippen LogP contribution in [0.25, 0.3) is 0 Å². The molecular formula is C19H19ClFNO3. The number of ether oxygens (including phenoxy) is 3. The minimum atomic E-state index is -0.235. The Morgan fingerprint density at radius 3 is 2.88 bits per heavy atom. The molecular weight excluding hydrogens is 345 g/mol. The van der Waals surface area contributed by atoms with Crippen molar-refractivity contribution in [1.29, 1.82) is 0 Å². The molecule has 2 aromatic carbocycles. The molecule has 2 aliphatic heterocycles.